The van der Waals surface area contributed by atoms with Crippen molar-refractivity contribution in [3.8, 4) is 5.88 Å². The van der Waals surface area contributed by atoms with E-state index in [4.69, 9.17) is 4.98 Å². The zero-order valence-electron chi connectivity index (χ0n) is 23.6. The Morgan fingerprint density at radius 2 is 1.56 bits per heavy atom. The van der Waals surface area contributed by atoms with Crippen molar-refractivity contribution >= 4 is 37.4 Å². The average Bonchev–Trinajstić information content (AvgIpc) is 3.35. The molecule has 6 rings (SSSR count). The molecule has 216 valence electrons. The highest BCUT2D eigenvalue weighted by molar-refractivity contribution is 7.95. The molecule has 4 aromatic carbocycles. The zero-order chi connectivity index (χ0) is 30.1. The molecule has 0 unspecified atom stereocenters. The third kappa shape index (κ3) is 5.26. The SMILES string of the molecule is C=CS(=O)(=O)N(C)c1c2cccnc2c(CC(c2ccccc2)c2ccccc2)c2c(O)n(Cc3ccc(F)cc3)cc12. The van der Waals surface area contributed by atoms with E-state index in [1.54, 1.807) is 35.2 Å². The van der Waals surface area contributed by atoms with E-state index in [-0.39, 0.29) is 24.2 Å². The summed E-state index contributed by atoms with van der Waals surface area (Å²) in [5, 5.41) is 14.5. The first-order valence-electron chi connectivity index (χ1n) is 13.9. The average molecular weight is 592 g/mol. The van der Waals surface area contributed by atoms with Crippen LogP contribution in [-0.4, -0.2) is 30.1 Å². The summed E-state index contributed by atoms with van der Waals surface area (Å²) < 4.78 is 42.7. The quantitative estimate of drug-likeness (QED) is 0.191. The standard InChI is InChI=1S/C35H30FN3O3S/c1-3-43(41,42)38(2)34-28-15-10-20-37-33(28)30(21-29(25-11-6-4-7-12-25)26-13-8-5-9-14-26)32-31(34)23-39(35(32)40)22-24-16-18-27(36)19-17-24/h3-20,23,29,40H,1,21-22H2,2H3. The Kier molecular flexibility index (Phi) is 7.46. The van der Waals surface area contributed by atoms with Gasteiger partial charge in [0, 0.05) is 41.5 Å². The lowest BCUT2D eigenvalue weighted by Gasteiger charge is -2.24. The minimum atomic E-state index is -3.89. The zero-order valence-corrected chi connectivity index (χ0v) is 24.4. The third-order valence-corrected chi connectivity index (χ3v) is 9.31. The van der Waals surface area contributed by atoms with Gasteiger partial charge in [-0.05, 0) is 52.9 Å². The molecule has 0 fully saturated rings. The van der Waals surface area contributed by atoms with E-state index in [1.165, 1.54) is 23.5 Å². The molecule has 0 saturated carbocycles. The molecule has 1 N–H and O–H groups in total. The maximum Gasteiger partial charge on any atom is 0.256 e. The lowest BCUT2D eigenvalue weighted by Crippen LogP contribution is -2.24. The number of fused-ring (bicyclic) bond motifs is 2. The Labute approximate surface area is 250 Å². The van der Waals surface area contributed by atoms with Gasteiger partial charge in [0.15, 0.2) is 5.88 Å². The Morgan fingerprint density at radius 3 is 2.16 bits per heavy atom. The van der Waals surface area contributed by atoms with Crippen LogP contribution < -0.4 is 4.31 Å². The second-order valence-corrected chi connectivity index (χ2v) is 12.4. The van der Waals surface area contributed by atoms with Crippen LogP contribution in [0.15, 0.2) is 121 Å². The number of pyridine rings is 1. The Hall–Kier alpha value is -4.95. The molecular weight excluding hydrogens is 561 g/mol. The molecular formula is C35H30FN3O3S. The molecule has 0 spiro atoms. The molecule has 0 amide bonds. The van der Waals surface area contributed by atoms with E-state index in [2.05, 4.69) is 30.8 Å². The largest absolute Gasteiger partial charge is 0.494 e. The normalized spacial score (nSPS) is 11.8. The lowest BCUT2D eigenvalue weighted by molar-refractivity contribution is 0.430. The number of aromatic nitrogens is 2. The van der Waals surface area contributed by atoms with Gasteiger partial charge in [-0.3, -0.25) is 9.29 Å². The Balaban J connectivity index is 1.65. The first kappa shape index (κ1) is 28.2. The van der Waals surface area contributed by atoms with E-state index in [1.807, 2.05) is 42.5 Å². The number of hydrogen-bond donors (Lipinski definition) is 1. The summed E-state index contributed by atoms with van der Waals surface area (Å²) in [4.78, 5) is 4.76. The van der Waals surface area contributed by atoms with Crippen LogP contribution in [0.1, 0.15) is 28.2 Å². The number of nitrogens with zero attached hydrogens (tertiary/aromatic N) is 3. The summed E-state index contributed by atoms with van der Waals surface area (Å²) in [7, 11) is -2.41. The number of halogens is 1. The lowest BCUT2D eigenvalue weighted by atomic mass is 9.84. The van der Waals surface area contributed by atoms with Gasteiger partial charge in [0.25, 0.3) is 10.0 Å². The third-order valence-electron chi connectivity index (χ3n) is 7.94. The van der Waals surface area contributed by atoms with Crippen LogP contribution in [0.25, 0.3) is 21.7 Å². The van der Waals surface area contributed by atoms with Crippen LogP contribution in [0.5, 0.6) is 5.88 Å². The molecule has 0 aliphatic rings. The van der Waals surface area contributed by atoms with Crippen molar-refractivity contribution in [1.29, 1.82) is 0 Å². The highest BCUT2D eigenvalue weighted by atomic mass is 32.2. The van der Waals surface area contributed by atoms with Crippen molar-refractivity contribution in [2.75, 3.05) is 11.4 Å². The summed E-state index contributed by atoms with van der Waals surface area (Å²) in [6.07, 6.45) is 3.93. The maximum absolute atomic E-state index is 13.6. The molecule has 6 nitrogen and oxygen atoms in total. The summed E-state index contributed by atoms with van der Waals surface area (Å²) in [5.41, 5.74) is 4.78. The summed E-state index contributed by atoms with van der Waals surface area (Å²) in [5.74, 6) is -0.444. The van der Waals surface area contributed by atoms with Crippen molar-refractivity contribution in [1.82, 2.24) is 9.55 Å². The van der Waals surface area contributed by atoms with Gasteiger partial charge in [-0.2, -0.15) is 0 Å². The van der Waals surface area contributed by atoms with Gasteiger partial charge in [-0.15, -0.1) is 0 Å². The van der Waals surface area contributed by atoms with E-state index < -0.39 is 10.0 Å². The second-order valence-electron chi connectivity index (χ2n) is 10.5. The molecule has 43 heavy (non-hydrogen) atoms. The fourth-order valence-electron chi connectivity index (χ4n) is 5.81. The highest BCUT2D eigenvalue weighted by Crippen LogP contribution is 2.45. The van der Waals surface area contributed by atoms with Crippen molar-refractivity contribution in [3.63, 3.8) is 0 Å². The van der Waals surface area contributed by atoms with Gasteiger partial charge < -0.3 is 9.67 Å². The number of sulfonamides is 1. The van der Waals surface area contributed by atoms with E-state index in [9.17, 15) is 17.9 Å². The topological polar surface area (TPSA) is 75.4 Å². The van der Waals surface area contributed by atoms with Crippen LogP contribution in [0.4, 0.5) is 10.1 Å². The summed E-state index contributed by atoms with van der Waals surface area (Å²) in [6.45, 7) is 3.77. The molecule has 2 aromatic heterocycles. The van der Waals surface area contributed by atoms with Crippen molar-refractivity contribution in [2.45, 2.75) is 18.9 Å². The first-order chi connectivity index (χ1) is 20.8. The van der Waals surface area contributed by atoms with Crippen molar-refractivity contribution in [2.24, 2.45) is 0 Å². The van der Waals surface area contributed by atoms with E-state index in [0.717, 1.165) is 27.7 Å². The molecule has 0 aliphatic heterocycles. The van der Waals surface area contributed by atoms with Gasteiger partial charge in [0.2, 0.25) is 0 Å². The molecule has 0 atom stereocenters. The smallest absolute Gasteiger partial charge is 0.256 e. The minimum absolute atomic E-state index is 0.0209. The predicted molar refractivity (Wildman–Crippen MR) is 170 cm³/mol. The van der Waals surface area contributed by atoms with E-state index in [0.29, 0.717) is 33.8 Å². The van der Waals surface area contributed by atoms with Crippen LogP contribution in [0.3, 0.4) is 0 Å². The van der Waals surface area contributed by atoms with Gasteiger partial charge in [0.1, 0.15) is 5.82 Å². The Morgan fingerprint density at radius 1 is 0.930 bits per heavy atom. The monoisotopic (exact) mass is 591 g/mol. The van der Waals surface area contributed by atoms with Gasteiger partial charge >= 0.3 is 0 Å². The molecule has 0 saturated heterocycles. The van der Waals surface area contributed by atoms with E-state index >= 15 is 0 Å². The van der Waals surface area contributed by atoms with Crippen LogP contribution in [0.2, 0.25) is 0 Å². The summed E-state index contributed by atoms with van der Waals surface area (Å²) >= 11 is 0. The summed E-state index contributed by atoms with van der Waals surface area (Å²) in [6, 6.07) is 30.0. The molecule has 0 aliphatic carbocycles. The number of benzene rings is 4. The van der Waals surface area contributed by atoms with Crippen molar-refractivity contribution in [3.05, 3.63) is 150 Å². The minimum Gasteiger partial charge on any atom is -0.494 e. The number of anilines is 1. The molecule has 2 heterocycles. The van der Waals surface area contributed by atoms with Crippen LogP contribution >= 0.6 is 0 Å². The second kappa shape index (κ2) is 11.4. The highest BCUT2D eigenvalue weighted by Gasteiger charge is 2.28. The number of aromatic hydroxyl groups is 1. The van der Waals surface area contributed by atoms with Gasteiger partial charge in [-0.1, -0.05) is 79.4 Å². The molecule has 0 radical (unpaired) electrons. The fourth-order valence-corrected chi connectivity index (χ4v) is 6.48. The number of rotatable bonds is 9. The van der Waals surface area contributed by atoms with Gasteiger partial charge in [-0.25, -0.2) is 12.8 Å². The van der Waals surface area contributed by atoms with Gasteiger partial charge in [0.05, 0.1) is 23.1 Å². The number of hydrogen-bond acceptors (Lipinski definition) is 4. The first-order valence-corrected chi connectivity index (χ1v) is 15.4. The Bertz CT molecular complexity index is 2000. The fraction of sp³-hybridized carbons (Fsp3) is 0.114. The van der Waals surface area contributed by atoms with Crippen LogP contribution in [0, 0.1) is 5.82 Å². The van der Waals surface area contributed by atoms with Crippen molar-refractivity contribution < 1.29 is 17.9 Å². The molecule has 8 heteroatoms. The molecule has 6 aromatic rings. The molecule has 0 bridgehead atoms. The predicted octanol–water partition coefficient (Wildman–Crippen LogP) is 7.37. The maximum atomic E-state index is 13.6. The van der Waals surface area contributed by atoms with Crippen LogP contribution in [-0.2, 0) is 23.0 Å².